The number of alkyl halides is 3. The van der Waals surface area contributed by atoms with E-state index in [4.69, 9.17) is 11.6 Å². The molecule has 0 unspecified atom stereocenters. The van der Waals surface area contributed by atoms with E-state index in [2.05, 4.69) is 10.2 Å². The monoisotopic (exact) mass is 432 g/mol. The van der Waals surface area contributed by atoms with Gasteiger partial charge in [-0.1, -0.05) is 17.7 Å². The molecule has 3 rings (SSSR count). The molecule has 2 heterocycles. The van der Waals surface area contributed by atoms with E-state index in [1.165, 1.54) is 23.1 Å². The third-order valence-electron chi connectivity index (χ3n) is 4.76. The summed E-state index contributed by atoms with van der Waals surface area (Å²) in [5.74, 6) is -1.19. The average molecular weight is 433 g/mol. The van der Waals surface area contributed by atoms with Gasteiger partial charge in [-0.2, -0.15) is 18.3 Å². The van der Waals surface area contributed by atoms with Crippen LogP contribution in [-0.4, -0.2) is 46.3 Å². The molecule has 1 fully saturated rings. The molecule has 0 aliphatic carbocycles. The van der Waals surface area contributed by atoms with Crippen molar-refractivity contribution in [2.75, 3.05) is 18.0 Å². The number of hydrogen-bond acceptors (Lipinski definition) is 4. The Balaban J connectivity index is 1.91. The zero-order chi connectivity index (χ0) is 21.3. The van der Waals surface area contributed by atoms with E-state index in [1.54, 1.807) is 6.92 Å². The van der Waals surface area contributed by atoms with Crippen molar-refractivity contribution in [1.29, 1.82) is 0 Å². The Morgan fingerprint density at radius 1 is 1.28 bits per heavy atom. The van der Waals surface area contributed by atoms with Crippen molar-refractivity contribution >= 4 is 23.2 Å². The maximum Gasteiger partial charge on any atom is 0.391 e. The summed E-state index contributed by atoms with van der Waals surface area (Å²) in [6.07, 6.45) is -4.90. The Morgan fingerprint density at radius 3 is 2.66 bits per heavy atom. The summed E-state index contributed by atoms with van der Waals surface area (Å²) in [5, 5.41) is 5.34. The minimum Gasteiger partial charge on any atom is -0.355 e. The molecule has 1 amide bonds. The van der Waals surface area contributed by atoms with Crippen molar-refractivity contribution in [3.8, 4) is 0 Å². The van der Waals surface area contributed by atoms with Crippen LogP contribution in [0, 0.1) is 12.7 Å². The van der Waals surface area contributed by atoms with Crippen LogP contribution in [0.2, 0.25) is 5.02 Å². The van der Waals surface area contributed by atoms with Gasteiger partial charge in [0.1, 0.15) is 16.9 Å². The molecule has 2 aromatic rings. The highest BCUT2D eigenvalue weighted by molar-refractivity contribution is 6.33. The summed E-state index contributed by atoms with van der Waals surface area (Å²) in [5.41, 5.74) is 0.437. The second-order valence-electron chi connectivity index (χ2n) is 6.76. The predicted octanol–water partition coefficient (Wildman–Crippen LogP) is 3.04. The van der Waals surface area contributed by atoms with E-state index in [9.17, 15) is 27.2 Å². The van der Waals surface area contributed by atoms with Crippen molar-refractivity contribution in [3.05, 3.63) is 56.7 Å². The number of carbonyl (C=O) groups excluding carboxylic acids is 1. The number of aryl methyl sites for hydroxylation is 1. The molecule has 1 aliphatic heterocycles. The fourth-order valence-electron chi connectivity index (χ4n) is 3.32. The Hall–Kier alpha value is -2.62. The number of benzene rings is 1. The first-order valence-electron chi connectivity index (χ1n) is 8.67. The van der Waals surface area contributed by atoms with Gasteiger partial charge in [0.25, 0.3) is 5.56 Å². The molecule has 6 nitrogen and oxygen atoms in total. The van der Waals surface area contributed by atoms with Gasteiger partial charge in [0.2, 0.25) is 5.91 Å². The second-order valence-corrected chi connectivity index (χ2v) is 7.14. The molecule has 29 heavy (non-hydrogen) atoms. The van der Waals surface area contributed by atoms with E-state index < -0.39 is 35.9 Å². The van der Waals surface area contributed by atoms with Gasteiger partial charge in [-0.05, 0) is 30.2 Å². The fourth-order valence-corrected chi connectivity index (χ4v) is 3.52. The summed E-state index contributed by atoms with van der Waals surface area (Å²) >= 11 is 5.95. The third kappa shape index (κ3) is 4.69. The molecular weight excluding hydrogens is 416 g/mol. The minimum absolute atomic E-state index is 0.0254. The highest BCUT2D eigenvalue weighted by atomic mass is 35.5. The Morgan fingerprint density at radius 2 is 2.00 bits per heavy atom. The molecule has 1 aromatic heterocycles. The zero-order valence-electron chi connectivity index (χ0n) is 15.3. The van der Waals surface area contributed by atoms with Crippen molar-refractivity contribution in [2.45, 2.75) is 32.1 Å². The lowest BCUT2D eigenvalue weighted by atomic mass is 10.0. The number of nitrogens with one attached hydrogen (secondary N) is 1. The number of halogens is 5. The van der Waals surface area contributed by atoms with E-state index in [0.29, 0.717) is 11.1 Å². The Labute approximate surface area is 168 Å². The number of rotatable bonds is 4. The van der Waals surface area contributed by atoms with Gasteiger partial charge < -0.3 is 9.80 Å². The number of aromatic amines is 1. The molecule has 1 aromatic carbocycles. The lowest BCUT2D eigenvalue weighted by molar-refractivity contribution is -0.155. The molecule has 11 heteroatoms. The van der Waals surface area contributed by atoms with Crippen molar-refractivity contribution in [2.24, 2.45) is 0 Å². The number of anilines is 1. The summed E-state index contributed by atoms with van der Waals surface area (Å²) < 4.78 is 52.9. The van der Waals surface area contributed by atoms with Crippen molar-refractivity contribution in [3.63, 3.8) is 0 Å². The smallest absolute Gasteiger partial charge is 0.355 e. The van der Waals surface area contributed by atoms with Crippen LogP contribution in [0.15, 0.2) is 29.2 Å². The molecule has 0 radical (unpaired) electrons. The van der Waals surface area contributed by atoms with Crippen LogP contribution >= 0.6 is 11.6 Å². The number of nitrogens with zero attached hydrogens (tertiary/aromatic N) is 3. The predicted molar refractivity (Wildman–Crippen MR) is 98.2 cm³/mol. The van der Waals surface area contributed by atoms with Crippen LogP contribution < -0.4 is 10.5 Å². The molecule has 0 bridgehead atoms. The second kappa shape index (κ2) is 8.02. The number of piperazine rings is 1. The van der Waals surface area contributed by atoms with E-state index in [0.717, 1.165) is 11.1 Å². The summed E-state index contributed by atoms with van der Waals surface area (Å²) in [7, 11) is 0. The first-order valence-corrected chi connectivity index (χ1v) is 9.05. The van der Waals surface area contributed by atoms with E-state index in [-0.39, 0.29) is 30.3 Å². The lowest BCUT2D eigenvalue weighted by Gasteiger charge is -2.42. The molecule has 156 valence electrons. The average Bonchev–Trinajstić information content (AvgIpc) is 2.62. The SMILES string of the molecule is Cc1cc(F)ccc1CN1CCN(c2cn[nH]c(=O)c2Cl)[C@H](CC(F)(F)F)C1=O. The Kier molecular flexibility index (Phi) is 5.83. The lowest BCUT2D eigenvalue weighted by Crippen LogP contribution is -2.58. The van der Waals surface area contributed by atoms with Crippen LogP contribution in [-0.2, 0) is 11.3 Å². The van der Waals surface area contributed by atoms with E-state index >= 15 is 0 Å². The molecular formula is C18H17ClF4N4O2. The summed E-state index contributed by atoms with van der Waals surface area (Å²) in [6.45, 7) is 1.84. The minimum atomic E-state index is -4.62. The largest absolute Gasteiger partial charge is 0.391 e. The number of carbonyl (C=O) groups is 1. The number of hydrogen-bond donors (Lipinski definition) is 1. The molecule has 1 aliphatic rings. The van der Waals surface area contributed by atoms with E-state index in [1.807, 2.05) is 0 Å². The molecule has 1 atom stereocenters. The van der Waals surface area contributed by atoms with Crippen molar-refractivity contribution < 1.29 is 22.4 Å². The van der Waals surface area contributed by atoms with Gasteiger partial charge in [-0.3, -0.25) is 9.59 Å². The number of aromatic nitrogens is 2. The van der Waals surface area contributed by atoms with Crippen LogP contribution in [0.4, 0.5) is 23.2 Å². The van der Waals surface area contributed by atoms with Gasteiger partial charge in [0.05, 0.1) is 18.3 Å². The van der Waals surface area contributed by atoms with Gasteiger partial charge in [-0.15, -0.1) is 0 Å². The normalized spacial score (nSPS) is 17.7. The molecule has 1 saturated heterocycles. The van der Waals surface area contributed by atoms with Crippen LogP contribution in [0.5, 0.6) is 0 Å². The molecule has 0 saturated carbocycles. The van der Waals surface area contributed by atoms with Gasteiger partial charge in [0.15, 0.2) is 0 Å². The molecule has 1 N–H and O–H groups in total. The topological polar surface area (TPSA) is 69.3 Å². The zero-order valence-corrected chi connectivity index (χ0v) is 16.0. The maximum absolute atomic E-state index is 13.3. The number of amides is 1. The maximum atomic E-state index is 13.3. The number of H-pyrrole nitrogens is 1. The first-order chi connectivity index (χ1) is 13.6. The fraction of sp³-hybridized carbons (Fsp3) is 0.389. The summed E-state index contributed by atoms with van der Waals surface area (Å²) in [4.78, 5) is 27.1. The van der Waals surface area contributed by atoms with Crippen LogP contribution in [0.25, 0.3) is 0 Å². The molecule has 0 spiro atoms. The van der Waals surface area contributed by atoms with Crippen molar-refractivity contribution in [1.82, 2.24) is 15.1 Å². The Bertz CT molecular complexity index is 979. The highest BCUT2D eigenvalue weighted by Crippen LogP contribution is 2.32. The quantitative estimate of drug-likeness (QED) is 0.754. The van der Waals surface area contributed by atoms with Gasteiger partial charge >= 0.3 is 6.18 Å². The summed E-state index contributed by atoms with van der Waals surface area (Å²) in [6, 6.07) is 2.44. The van der Waals surface area contributed by atoms with Crippen LogP contribution in [0.3, 0.4) is 0 Å². The van der Waals surface area contributed by atoms with Gasteiger partial charge in [-0.25, -0.2) is 9.49 Å². The highest BCUT2D eigenvalue weighted by Gasteiger charge is 2.43. The van der Waals surface area contributed by atoms with Gasteiger partial charge in [0, 0.05) is 19.6 Å². The standard InChI is InChI=1S/C18H17ClF4N4O2/c1-10-6-12(20)3-2-11(10)9-26-4-5-27(13(17(26)29)7-18(21,22)23)14-8-24-25-16(28)15(14)19/h2-3,6,8,13H,4-5,7,9H2,1H3,(H,25,28)/t13-/m1/s1. The third-order valence-corrected chi connectivity index (χ3v) is 5.13. The van der Waals surface area contributed by atoms with Crippen LogP contribution in [0.1, 0.15) is 17.5 Å². The first kappa shape index (κ1) is 21.1.